The molecule has 9 aromatic carbocycles. The Kier molecular flexibility index (Phi) is 41.9. The van der Waals surface area contributed by atoms with E-state index in [2.05, 4.69) is 122 Å². The second kappa shape index (κ2) is 54.8. The second-order valence-electron chi connectivity index (χ2n) is 31.6. The standard InChI is InChI=1S/C35H46N2O6.C34H44N2O6.C33H41ClN2O5/c1-36-35(38)14-7-11-28-9-3-6-13-33(28)42-23-24-43-34-25-37-20-19-31(34)27-15-17-30(18-16-27)41-22-8-21-40-26-29-10-4-5-12-32(29)39-2;1-25-9-10-27(21-33(25)41-20-17-36-26(2)37)23-42-34-22-35-16-15-31(34)28-11-13-30(14-12-28)40-19-6-18-39-24-29-7-4-5-8-32(29)38-3;1-37-18-4-16-36-17-21-40-32-13-8-25(22-30(32)36)24-41-33-23-35-15-14-28(33)26-9-11-27(12-10-26)38-19-5-20-39-31-7-3-2-6-29(31)34/h3-6,9-10,12-13,15-18,31,34,37H,7-8,11,14,19-26H2,1-2H3,(H,36,38);4-5,7-14,21,31,34-35H,6,15-20,22-24H2,1-3H3,(H,36,37);2-3,6-13,22,28,33,35H,4-5,14-21,23-24H2,1H3/t2*31-,34+;28-,33+/m111/s1. The lowest BCUT2D eigenvalue weighted by atomic mass is 9.87. The van der Waals surface area contributed by atoms with Crippen LogP contribution < -0.4 is 74.1 Å². The maximum absolute atomic E-state index is 11.5. The average Bonchev–Trinajstić information content (AvgIpc) is 0.819. The number of aryl methyl sites for hydroxylation is 2. The first-order valence-corrected chi connectivity index (χ1v) is 45.1. The molecule has 0 spiro atoms. The van der Waals surface area contributed by atoms with Crippen LogP contribution in [-0.4, -0.2) is 190 Å². The fraction of sp³-hybridized carbons (Fsp3) is 0.451. The van der Waals surface area contributed by atoms with Gasteiger partial charge in [0.25, 0.3) is 0 Å². The molecule has 3 saturated heterocycles. The van der Waals surface area contributed by atoms with Crippen molar-refractivity contribution >= 4 is 29.1 Å². The van der Waals surface area contributed by atoms with Crippen LogP contribution in [0.15, 0.2) is 206 Å². The summed E-state index contributed by atoms with van der Waals surface area (Å²) in [6, 6.07) is 69.2. The van der Waals surface area contributed by atoms with E-state index in [0.717, 1.165) is 202 Å². The molecule has 0 saturated carbocycles. The molecule has 0 aromatic heterocycles. The molecule has 0 radical (unpaired) electrons. The highest BCUT2D eigenvalue weighted by molar-refractivity contribution is 6.32. The Bertz CT molecular complexity index is 4630. The molecule has 23 nitrogen and oxygen atoms in total. The number of nitrogens with one attached hydrogen (secondary N) is 5. The van der Waals surface area contributed by atoms with Gasteiger partial charge >= 0.3 is 0 Å². The number of amides is 2. The molecule has 0 unspecified atom stereocenters. The smallest absolute Gasteiger partial charge is 0.219 e. The number of anilines is 1. The Morgan fingerprint density at radius 1 is 0.460 bits per heavy atom. The van der Waals surface area contributed by atoms with Crippen molar-refractivity contribution in [3.05, 3.63) is 261 Å². The third-order valence-electron chi connectivity index (χ3n) is 22.6. The van der Waals surface area contributed by atoms with Crippen LogP contribution in [0.1, 0.15) is 133 Å². The van der Waals surface area contributed by atoms with Crippen molar-refractivity contribution < 1.29 is 80.6 Å². The highest BCUT2D eigenvalue weighted by Gasteiger charge is 2.31. The Hall–Kier alpha value is -10.2. The summed E-state index contributed by atoms with van der Waals surface area (Å²) in [7, 11) is 6.77. The van der Waals surface area contributed by atoms with Crippen LogP contribution in [0.2, 0.25) is 5.02 Å². The maximum atomic E-state index is 11.5. The van der Waals surface area contributed by atoms with Crippen LogP contribution in [0, 0.1) is 6.92 Å². The molecule has 13 rings (SSSR count). The number of hydrogen-bond acceptors (Lipinski definition) is 21. The van der Waals surface area contributed by atoms with Gasteiger partial charge in [-0.25, -0.2) is 0 Å². The first-order valence-electron chi connectivity index (χ1n) is 44.7. The lowest BCUT2D eigenvalue weighted by molar-refractivity contribution is -0.121. The van der Waals surface area contributed by atoms with Crippen molar-refractivity contribution in [2.75, 3.05) is 165 Å². The summed E-state index contributed by atoms with van der Waals surface area (Å²) >= 11 is 6.14. The van der Waals surface area contributed by atoms with Crippen molar-refractivity contribution in [1.29, 1.82) is 0 Å². The van der Waals surface area contributed by atoms with Crippen LogP contribution in [0.3, 0.4) is 0 Å². The van der Waals surface area contributed by atoms with Gasteiger partial charge in [0.15, 0.2) is 0 Å². The van der Waals surface area contributed by atoms with Crippen molar-refractivity contribution in [3.63, 3.8) is 0 Å². The molecule has 0 aliphatic carbocycles. The van der Waals surface area contributed by atoms with E-state index >= 15 is 0 Å². The number of fused-ring (bicyclic) bond motifs is 1. The van der Waals surface area contributed by atoms with Gasteiger partial charge in [0.1, 0.15) is 71.6 Å². The van der Waals surface area contributed by atoms with Crippen molar-refractivity contribution in [3.8, 4) is 51.7 Å². The SMILES string of the molecule is CNC(=O)CCCc1ccccc1OCCO[C@H]1CNCC[C@@H]1c1ccc(OCCCOCc2ccccc2OC)cc1.COCCCN1CCOc2ccc(CO[C@H]3CNCC[C@@H]3c3ccc(OCCCOc4ccccc4Cl)cc3)cc21.COc1ccccc1COCCCOc1ccc([C@H]2CCNC[C@@H]2OCc2ccc(C)c(OCCNC(C)=O)c2)cc1. The highest BCUT2D eigenvalue weighted by Crippen LogP contribution is 2.37. The molecule has 4 heterocycles. The third-order valence-corrected chi connectivity index (χ3v) is 22.9. The topological polar surface area (TPSA) is 236 Å². The van der Waals surface area contributed by atoms with E-state index in [0.29, 0.717) is 134 Å². The van der Waals surface area contributed by atoms with Crippen molar-refractivity contribution in [1.82, 2.24) is 26.6 Å². The van der Waals surface area contributed by atoms with Gasteiger partial charge in [-0.05, 0) is 189 Å². The van der Waals surface area contributed by atoms with Gasteiger partial charge in [0, 0.05) is 108 Å². The Balaban J connectivity index is 0.000000184. The molecular weight excluding hydrogens is 1620 g/mol. The third kappa shape index (κ3) is 32.3. The number of carbonyl (C=O) groups is 2. The van der Waals surface area contributed by atoms with Gasteiger partial charge in [-0.15, -0.1) is 0 Å². The number of ether oxygens (including phenoxy) is 15. The number of methoxy groups -OCH3 is 3. The molecule has 9 aromatic rings. The number of para-hydroxylation sites is 4. The number of benzene rings is 9. The minimum absolute atomic E-state index is 0.0579. The van der Waals surface area contributed by atoms with Crippen LogP contribution >= 0.6 is 11.6 Å². The summed E-state index contributed by atoms with van der Waals surface area (Å²) in [6.07, 6.45) is 8.80. The number of carbonyl (C=O) groups excluding carboxylic acids is 2. The fourth-order valence-electron chi connectivity index (χ4n) is 15.8. The van der Waals surface area contributed by atoms with Gasteiger partial charge < -0.3 is 103 Å². The minimum atomic E-state index is -0.0579. The quantitative estimate of drug-likeness (QED) is 0.0223. The molecule has 678 valence electrons. The van der Waals surface area contributed by atoms with Gasteiger partial charge in [0.2, 0.25) is 11.8 Å². The number of hydrogen-bond donors (Lipinski definition) is 5. The van der Waals surface area contributed by atoms with Gasteiger partial charge in [0.05, 0.1) is 129 Å². The van der Waals surface area contributed by atoms with E-state index in [1.54, 1.807) is 28.4 Å². The minimum Gasteiger partial charge on any atom is -0.496 e. The second-order valence-corrected chi connectivity index (χ2v) is 32.0. The Labute approximate surface area is 750 Å². The van der Waals surface area contributed by atoms with Gasteiger partial charge in [-0.3, -0.25) is 9.59 Å². The number of nitrogens with zero attached hydrogens (tertiary/aromatic N) is 1. The summed E-state index contributed by atoms with van der Waals surface area (Å²) < 4.78 is 88.4. The molecule has 4 aliphatic heterocycles. The van der Waals surface area contributed by atoms with E-state index in [1.165, 1.54) is 23.6 Å². The highest BCUT2D eigenvalue weighted by atomic mass is 35.5. The maximum Gasteiger partial charge on any atom is 0.219 e. The zero-order chi connectivity index (χ0) is 88.0. The first-order chi connectivity index (χ1) is 61.9. The Morgan fingerprint density at radius 3 is 1.47 bits per heavy atom. The summed E-state index contributed by atoms with van der Waals surface area (Å²) in [5.41, 5.74) is 11.5. The van der Waals surface area contributed by atoms with Crippen molar-refractivity contribution in [2.24, 2.45) is 0 Å². The lowest BCUT2D eigenvalue weighted by Crippen LogP contribution is -2.41. The number of halogens is 1. The number of piperidine rings is 3. The largest absolute Gasteiger partial charge is 0.496 e. The van der Waals surface area contributed by atoms with Gasteiger partial charge in [-0.1, -0.05) is 133 Å². The zero-order valence-electron chi connectivity index (χ0n) is 74.4. The first kappa shape index (κ1) is 96.5. The number of rotatable bonds is 48. The van der Waals surface area contributed by atoms with E-state index in [4.69, 9.17) is 82.7 Å². The van der Waals surface area contributed by atoms with E-state index in [1.807, 2.05) is 122 Å². The predicted octanol–water partition coefficient (Wildman–Crippen LogP) is 16.5. The molecule has 126 heavy (non-hydrogen) atoms. The summed E-state index contributed by atoms with van der Waals surface area (Å²) in [5, 5.41) is 16.5. The van der Waals surface area contributed by atoms with Crippen LogP contribution in [0.5, 0.6) is 51.7 Å². The molecule has 5 N–H and O–H groups in total. The predicted molar refractivity (Wildman–Crippen MR) is 494 cm³/mol. The van der Waals surface area contributed by atoms with Crippen LogP contribution in [-0.2, 0) is 70.9 Å². The zero-order valence-corrected chi connectivity index (χ0v) is 75.2. The van der Waals surface area contributed by atoms with Gasteiger partial charge in [-0.2, -0.15) is 0 Å². The van der Waals surface area contributed by atoms with E-state index in [-0.39, 0.29) is 30.1 Å². The van der Waals surface area contributed by atoms with E-state index in [9.17, 15) is 9.59 Å². The Morgan fingerprint density at radius 2 is 0.937 bits per heavy atom. The van der Waals surface area contributed by atoms with Crippen LogP contribution in [0.4, 0.5) is 5.69 Å². The molecule has 24 heteroatoms. The monoisotopic (exact) mass is 1750 g/mol. The average molecular weight is 1750 g/mol. The summed E-state index contributed by atoms with van der Waals surface area (Å²) in [6.45, 7) is 19.8. The molecular formula is C102H131ClN6O17. The van der Waals surface area contributed by atoms with E-state index < -0.39 is 0 Å². The lowest BCUT2D eigenvalue weighted by Gasteiger charge is -2.33. The molecule has 6 atom stereocenters. The van der Waals surface area contributed by atoms with Crippen LogP contribution in [0.25, 0.3) is 0 Å². The molecule has 2 amide bonds. The fourth-order valence-corrected chi connectivity index (χ4v) is 16.0. The molecule has 0 bridgehead atoms. The van der Waals surface area contributed by atoms with Crippen molar-refractivity contribution in [2.45, 2.75) is 141 Å². The summed E-state index contributed by atoms with van der Waals surface area (Å²) in [5.74, 6) is 8.58. The normalized spacial score (nSPS) is 17.1. The summed E-state index contributed by atoms with van der Waals surface area (Å²) in [4.78, 5) is 25.0. The molecule has 3 fully saturated rings. The molecule has 4 aliphatic rings.